The molecule has 0 aromatic heterocycles. The van der Waals surface area contributed by atoms with E-state index in [4.69, 9.17) is 14.2 Å². The molecule has 0 aromatic rings. The van der Waals surface area contributed by atoms with Crippen LogP contribution < -0.4 is 5.32 Å². The van der Waals surface area contributed by atoms with Crippen LogP contribution in [0.4, 0.5) is 0 Å². The Hall–Kier alpha value is -2.38. The SMILES string of the molecule is CCCCC/C=C/CC/C=C/C(O)C(COC1OC(CO)C(O)C(O)C1O)NC(=O)CCCCCCCCCC/C=C\CCCCCCCCCCCCCCOC(=O)CCCCCCC/C=C\CCCCCCC. The van der Waals surface area contributed by atoms with Gasteiger partial charge in [-0.15, -0.1) is 0 Å². The summed E-state index contributed by atoms with van der Waals surface area (Å²) in [6.45, 7) is 4.26. The molecule has 7 unspecified atom stereocenters. The Morgan fingerprint density at radius 1 is 0.480 bits per heavy atom. The molecule has 0 radical (unpaired) electrons. The zero-order valence-electron chi connectivity index (χ0n) is 48.3. The van der Waals surface area contributed by atoms with Crippen molar-refractivity contribution in [1.29, 1.82) is 0 Å². The van der Waals surface area contributed by atoms with Crippen LogP contribution in [0.15, 0.2) is 48.6 Å². The fraction of sp³-hybridized carbons (Fsp3) is 0.844. The molecule has 1 aliphatic heterocycles. The molecule has 1 aliphatic rings. The van der Waals surface area contributed by atoms with Gasteiger partial charge in [-0.05, 0) is 96.3 Å². The number of amides is 1. The van der Waals surface area contributed by atoms with Gasteiger partial charge in [0.25, 0.3) is 0 Å². The minimum Gasteiger partial charge on any atom is -0.466 e. The van der Waals surface area contributed by atoms with E-state index >= 15 is 0 Å². The summed E-state index contributed by atoms with van der Waals surface area (Å²) in [5.41, 5.74) is 0. The summed E-state index contributed by atoms with van der Waals surface area (Å²) in [7, 11) is 0. The first kappa shape index (κ1) is 70.6. The van der Waals surface area contributed by atoms with Crippen molar-refractivity contribution in [2.75, 3.05) is 19.8 Å². The third-order valence-electron chi connectivity index (χ3n) is 14.6. The topological polar surface area (TPSA) is 175 Å². The summed E-state index contributed by atoms with van der Waals surface area (Å²) in [5, 5.41) is 54.2. The van der Waals surface area contributed by atoms with Crippen molar-refractivity contribution < 1.29 is 49.3 Å². The van der Waals surface area contributed by atoms with Crippen molar-refractivity contribution >= 4 is 11.9 Å². The average Bonchev–Trinajstić information content (AvgIpc) is 3.41. The van der Waals surface area contributed by atoms with Gasteiger partial charge in [0.05, 0.1) is 32.0 Å². The highest BCUT2D eigenvalue weighted by Crippen LogP contribution is 2.23. The number of aliphatic hydroxyl groups is 5. The zero-order valence-corrected chi connectivity index (χ0v) is 48.3. The Labute approximate surface area is 459 Å². The van der Waals surface area contributed by atoms with Crippen molar-refractivity contribution in [3.8, 4) is 0 Å². The molecular formula is C64H117NO10. The second-order valence-corrected chi connectivity index (χ2v) is 21.7. The minimum atomic E-state index is -1.58. The Balaban J connectivity index is 1.99. The molecule has 1 saturated heterocycles. The first-order valence-electron chi connectivity index (χ1n) is 31.4. The van der Waals surface area contributed by atoms with Crippen LogP contribution in [-0.4, -0.2) is 100 Å². The number of esters is 1. The van der Waals surface area contributed by atoms with Crippen molar-refractivity contribution in [2.45, 2.75) is 326 Å². The van der Waals surface area contributed by atoms with Crippen LogP contribution in [0, 0.1) is 0 Å². The number of hydrogen-bond donors (Lipinski definition) is 6. The van der Waals surface area contributed by atoms with Gasteiger partial charge in [-0.2, -0.15) is 0 Å². The number of rotatable bonds is 54. The van der Waals surface area contributed by atoms with Gasteiger partial charge in [0, 0.05) is 12.8 Å². The normalized spacial score (nSPS) is 19.1. The smallest absolute Gasteiger partial charge is 0.305 e. The lowest BCUT2D eigenvalue weighted by Crippen LogP contribution is -2.60. The minimum absolute atomic E-state index is 0.00806. The number of ether oxygens (including phenoxy) is 3. The molecule has 7 atom stereocenters. The van der Waals surface area contributed by atoms with E-state index in [1.807, 2.05) is 6.08 Å². The fourth-order valence-corrected chi connectivity index (χ4v) is 9.62. The average molecular weight is 1060 g/mol. The quantitative estimate of drug-likeness (QED) is 0.0195. The number of carbonyl (C=O) groups excluding carboxylic acids is 2. The fourth-order valence-electron chi connectivity index (χ4n) is 9.62. The highest BCUT2D eigenvalue weighted by Gasteiger charge is 2.44. The lowest BCUT2D eigenvalue weighted by atomic mass is 9.99. The van der Waals surface area contributed by atoms with E-state index in [-0.39, 0.29) is 18.5 Å². The summed E-state index contributed by atoms with van der Waals surface area (Å²) >= 11 is 0. The maximum absolute atomic E-state index is 13.0. The highest BCUT2D eigenvalue weighted by molar-refractivity contribution is 5.76. The summed E-state index contributed by atoms with van der Waals surface area (Å²) in [4.78, 5) is 25.0. The molecule has 11 heteroatoms. The Morgan fingerprint density at radius 3 is 1.35 bits per heavy atom. The van der Waals surface area contributed by atoms with Gasteiger partial charge in [0.1, 0.15) is 24.4 Å². The van der Waals surface area contributed by atoms with Gasteiger partial charge < -0.3 is 45.1 Å². The lowest BCUT2D eigenvalue weighted by molar-refractivity contribution is -0.302. The number of nitrogens with one attached hydrogen (secondary N) is 1. The Kier molecular flexibility index (Phi) is 50.5. The lowest BCUT2D eigenvalue weighted by Gasteiger charge is -2.40. The van der Waals surface area contributed by atoms with Crippen molar-refractivity contribution in [3.63, 3.8) is 0 Å². The summed E-state index contributed by atoms with van der Waals surface area (Å²) < 4.78 is 16.7. The third kappa shape index (κ3) is 43.2. The summed E-state index contributed by atoms with van der Waals surface area (Å²) in [6, 6.07) is -0.830. The summed E-state index contributed by atoms with van der Waals surface area (Å²) in [6.07, 6.45) is 58.1. The molecule has 1 amide bonds. The number of carbonyl (C=O) groups is 2. The molecule has 438 valence electrons. The first-order chi connectivity index (χ1) is 36.7. The predicted molar refractivity (Wildman–Crippen MR) is 310 cm³/mol. The van der Waals surface area contributed by atoms with Crippen LogP contribution in [0.25, 0.3) is 0 Å². The Bertz CT molecular complexity index is 1390. The molecular weight excluding hydrogens is 943 g/mol. The molecule has 1 rings (SSSR count). The van der Waals surface area contributed by atoms with E-state index in [0.717, 1.165) is 70.6 Å². The molecule has 1 fully saturated rings. The standard InChI is InChI=1S/C64H117NO10/c1-3-5-7-9-11-13-14-15-29-32-36-40-44-48-52-60(69)73-53-49-45-41-37-33-30-27-25-23-21-19-17-16-18-20-22-24-26-28-31-35-39-43-47-51-59(68)65-56(57(67)50-46-42-38-34-12-10-8-6-4-2)55-74-64-63(72)62(71)61(70)58(54-66)75-64/h12,14-15,18,20,34,46,50,56-58,61-64,66-67,70-72H,3-11,13,16-17,19,21-33,35-45,47-49,51-55H2,1-2H3,(H,65,68)/b15-14-,20-18-,34-12+,50-46+. The maximum atomic E-state index is 13.0. The zero-order chi connectivity index (χ0) is 54.5. The van der Waals surface area contributed by atoms with E-state index < -0.39 is 49.5 Å². The van der Waals surface area contributed by atoms with Crippen LogP contribution in [0.5, 0.6) is 0 Å². The van der Waals surface area contributed by atoms with Gasteiger partial charge in [-0.25, -0.2) is 0 Å². The van der Waals surface area contributed by atoms with E-state index in [1.54, 1.807) is 6.08 Å². The predicted octanol–water partition coefficient (Wildman–Crippen LogP) is 14.8. The second kappa shape index (κ2) is 53.6. The van der Waals surface area contributed by atoms with Gasteiger partial charge in [0.15, 0.2) is 6.29 Å². The summed E-state index contributed by atoms with van der Waals surface area (Å²) in [5.74, 6) is -0.207. The van der Waals surface area contributed by atoms with Gasteiger partial charge in [-0.1, -0.05) is 223 Å². The molecule has 75 heavy (non-hydrogen) atoms. The largest absolute Gasteiger partial charge is 0.466 e. The number of aliphatic hydroxyl groups excluding tert-OH is 5. The van der Waals surface area contributed by atoms with Crippen LogP contribution >= 0.6 is 0 Å². The molecule has 0 bridgehead atoms. The van der Waals surface area contributed by atoms with Crippen LogP contribution in [0.2, 0.25) is 0 Å². The number of hydrogen-bond acceptors (Lipinski definition) is 10. The van der Waals surface area contributed by atoms with Crippen LogP contribution in [0.1, 0.15) is 284 Å². The Morgan fingerprint density at radius 2 is 0.867 bits per heavy atom. The maximum Gasteiger partial charge on any atom is 0.305 e. The van der Waals surface area contributed by atoms with Crippen molar-refractivity contribution in [2.24, 2.45) is 0 Å². The van der Waals surface area contributed by atoms with Crippen molar-refractivity contribution in [3.05, 3.63) is 48.6 Å². The second-order valence-electron chi connectivity index (χ2n) is 21.7. The van der Waals surface area contributed by atoms with Gasteiger partial charge in [-0.3, -0.25) is 9.59 Å². The van der Waals surface area contributed by atoms with Gasteiger partial charge >= 0.3 is 5.97 Å². The van der Waals surface area contributed by atoms with Crippen molar-refractivity contribution in [1.82, 2.24) is 5.32 Å². The molecule has 0 saturated carbocycles. The number of allylic oxidation sites excluding steroid dienone is 7. The third-order valence-corrected chi connectivity index (χ3v) is 14.6. The molecule has 0 aromatic carbocycles. The van der Waals surface area contributed by atoms with Gasteiger partial charge in [0.2, 0.25) is 5.91 Å². The van der Waals surface area contributed by atoms with Crippen LogP contribution in [0.3, 0.4) is 0 Å². The monoisotopic (exact) mass is 1060 g/mol. The molecule has 6 N–H and O–H groups in total. The van der Waals surface area contributed by atoms with Crippen LogP contribution in [-0.2, 0) is 23.8 Å². The molecule has 0 aliphatic carbocycles. The van der Waals surface area contributed by atoms with E-state index in [0.29, 0.717) is 19.4 Å². The van der Waals surface area contributed by atoms with E-state index in [9.17, 15) is 35.1 Å². The van der Waals surface area contributed by atoms with E-state index in [1.165, 1.54) is 186 Å². The highest BCUT2D eigenvalue weighted by atomic mass is 16.7. The molecule has 1 heterocycles. The number of unbranched alkanes of at least 4 members (excludes halogenated alkanes) is 34. The molecule has 11 nitrogen and oxygen atoms in total. The van der Waals surface area contributed by atoms with E-state index in [2.05, 4.69) is 55.6 Å². The molecule has 0 spiro atoms. The first-order valence-corrected chi connectivity index (χ1v) is 31.4.